The first-order valence-electron chi connectivity index (χ1n) is 6.41. The summed E-state index contributed by atoms with van der Waals surface area (Å²) in [6.07, 6.45) is 2.07. The Morgan fingerprint density at radius 3 is 2.78 bits per heavy atom. The number of aliphatic carboxylic acids is 1. The zero-order chi connectivity index (χ0) is 13.5. The molecule has 0 radical (unpaired) electrons. The van der Waals surface area contributed by atoms with Gasteiger partial charge in [-0.15, -0.1) is 0 Å². The van der Waals surface area contributed by atoms with Crippen molar-refractivity contribution in [2.75, 3.05) is 26.2 Å². The van der Waals surface area contributed by atoms with Crippen LogP contribution >= 0.6 is 0 Å². The Bertz CT molecular complexity index is 296. The van der Waals surface area contributed by atoms with Gasteiger partial charge in [-0.1, -0.05) is 6.92 Å². The first kappa shape index (κ1) is 14.8. The second kappa shape index (κ2) is 7.20. The fourth-order valence-corrected chi connectivity index (χ4v) is 2.00. The van der Waals surface area contributed by atoms with Crippen molar-refractivity contribution < 1.29 is 19.8 Å². The van der Waals surface area contributed by atoms with Gasteiger partial charge >= 0.3 is 12.0 Å². The molecule has 2 unspecified atom stereocenters. The largest absolute Gasteiger partial charge is 0.481 e. The number of nitrogens with zero attached hydrogens (tertiary/aromatic N) is 1. The average Bonchev–Trinajstić information content (AvgIpc) is 2.82. The van der Waals surface area contributed by atoms with Crippen molar-refractivity contribution in [3.05, 3.63) is 0 Å². The monoisotopic (exact) mass is 258 g/mol. The number of aliphatic hydroxyl groups excluding tert-OH is 1. The van der Waals surface area contributed by atoms with E-state index >= 15 is 0 Å². The fraction of sp³-hybridized carbons (Fsp3) is 0.833. The van der Waals surface area contributed by atoms with Crippen molar-refractivity contribution in [2.45, 2.75) is 26.2 Å². The van der Waals surface area contributed by atoms with E-state index in [0.717, 1.165) is 6.42 Å². The third kappa shape index (κ3) is 4.52. The number of hydrogen-bond donors (Lipinski definition) is 3. The molecule has 1 aliphatic rings. The molecule has 0 aromatic carbocycles. The molecule has 1 rings (SSSR count). The van der Waals surface area contributed by atoms with E-state index in [1.165, 1.54) is 0 Å². The van der Waals surface area contributed by atoms with E-state index in [0.29, 0.717) is 32.5 Å². The van der Waals surface area contributed by atoms with Crippen molar-refractivity contribution >= 4 is 12.0 Å². The summed E-state index contributed by atoms with van der Waals surface area (Å²) in [5.41, 5.74) is 0. The number of aliphatic hydroxyl groups is 1. The van der Waals surface area contributed by atoms with E-state index < -0.39 is 5.97 Å². The summed E-state index contributed by atoms with van der Waals surface area (Å²) >= 11 is 0. The molecular weight excluding hydrogens is 236 g/mol. The molecule has 2 amide bonds. The normalized spacial score (nSPS) is 20.8. The van der Waals surface area contributed by atoms with Gasteiger partial charge in [-0.3, -0.25) is 4.79 Å². The molecule has 1 fully saturated rings. The number of hydrogen-bond acceptors (Lipinski definition) is 3. The molecule has 0 aliphatic carbocycles. The molecule has 104 valence electrons. The number of nitrogens with one attached hydrogen (secondary N) is 1. The number of carboxylic acid groups (broad SMARTS) is 1. The van der Waals surface area contributed by atoms with Gasteiger partial charge < -0.3 is 20.4 Å². The number of carbonyl (C=O) groups excluding carboxylic acids is 1. The highest BCUT2D eigenvalue weighted by Crippen LogP contribution is 2.15. The lowest BCUT2D eigenvalue weighted by Crippen LogP contribution is -2.39. The summed E-state index contributed by atoms with van der Waals surface area (Å²) in [4.78, 5) is 24.0. The zero-order valence-electron chi connectivity index (χ0n) is 10.8. The average molecular weight is 258 g/mol. The van der Waals surface area contributed by atoms with Crippen LogP contribution in [0.5, 0.6) is 0 Å². The number of rotatable bonds is 6. The van der Waals surface area contributed by atoms with Crippen LogP contribution < -0.4 is 5.32 Å². The first-order chi connectivity index (χ1) is 8.54. The number of amides is 2. The Kier molecular flexibility index (Phi) is 5.91. The second-order valence-corrected chi connectivity index (χ2v) is 4.90. The predicted octanol–water partition coefficient (Wildman–Crippen LogP) is 0.511. The Balaban J connectivity index is 2.12. The van der Waals surface area contributed by atoms with Crippen molar-refractivity contribution in [3.8, 4) is 0 Å². The second-order valence-electron chi connectivity index (χ2n) is 4.90. The molecule has 3 N–H and O–H groups in total. The molecule has 0 saturated carbocycles. The van der Waals surface area contributed by atoms with Crippen LogP contribution in [0.4, 0.5) is 4.79 Å². The smallest absolute Gasteiger partial charge is 0.317 e. The lowest BCUT2D eigenvalue weighted by Gasteiger charge is -2.17. The van der Waals surface area contributed by atoms with Gasteiger partial charge in [-0.05, 0) is 19.3 Å². The van der Waals surface area contributed by atoms with Crippen molar-refractivity contribution in [2.24, 2.45) is 11.8 Å². The molecule has 0 bridgehead atoms. The minimum Gasteiger partial charge on any atom is -0.481 e. The summed E-state index contributed by atoms with van der Waals surface area (Å²) in [6.45, 7) is 3.57. The summed E-state index contributed by atoms with van der Waals surface area (Å²) in [5, 5.41) is 20.5. The van der Waals surface area contributed by atoms with E-state index in [1.807, 2.05) is 0 Å². The minimum atomic E-state index is -0.799. The topological polar surface area (TPSA) is 89.9 Å². The van der Waals surface area contributed by atoms with E-state index in [1.54, 1.807) is 11.8 Å². The van der Waals surface area contributed by atoms with Crippen LogP contribution in [-0.2, 0) is 4.79 Å². The molecule has 1 heterocycles. The molecule has 1 aliphatic heterocycles. The van der Waals surface area contributed by atoms with Gasteiger partial charge in [0.25, 0.3) is 0 Å². The Morgan fingerprint density at radius 1 is 1.50 bits per heavy atom. The predicted molar refractivity (Wildman–Crippen MR) is 66.2 cm³/mol. The van der Waals surface area contributed by atoms with Gasteiger partial charge in [-0.25, -0.2) is 4.79 Å². The lowest BCUT2D eigenvalue weighted by atomic mass is 10.1. The third-order valence-electron chi connectivity index (χ3n) is 3.34. The lowest BCUT2D eigenvalue weighted by molar-refractivity contribution is -0.141. The Morgan fingerprint density at radius 2 is 2.22 bits per heavy atom. The highest BCUT2D eigenvalue weighted by Gasteiger charge is 2.25. The standard InChI is InChI=1S/C12H22N2O4/c1-9(11(16)17)3-2-5-13-12(18)14-6-4-10(7-14)8-15/h9-10,15H,2-8H2,1H3,(H,13,18)(H,16,17). The van der Waals surface area contributed by atoms with Crippen molar-refractivity contribution in [1.82, 2.24) is 10.2 Å². The molecule has 1 saturated heterocycles. The summed E-state index contributed by atoms with van der Waals surface area (Å²) < 4.78 is 0. The Hall–Kier alpha value is -1.30. The molecular formula is C12H22N2O4. The molecule has 0 aromatic rings. The molecule has 0 spiro atoms. The fourth-order valence-electron chi connectivity index (χ4n) is 2.00. The maximum absolute atomic E-state index is 11.7. The van der Waals surface area contributed by atoms with E-state index in [2.05, 4.69) is 5.32 Å². The maximum atomic E-state index is 11.7. The summed E-state index contributed by atoms with van der Waals surface area (Å²) in [5.74, 6) is -0.970. The molecule has 18 heavy (non-hydrogen) atoms. The van der Waals surface area contributed by atoms with Gasteiger partial charge in [0.15, 0.2) is 0 Å². The van der Waals surface area contributed by atoms with Gasteiger partial charge in [0.1, 0.15) is 0 Å². The van der Waals surface area contributed by atoms with Gasteiger partial charge in [0.05, 0.1) is 5.92 Å². The maximum Gasteiger partial charge on any atom is 0.317 e. The van der Waals surface area contributed by atoms with Crippen LogP contribution in [0.3, 0.4) is 0 Å². The van der Waals surface area contributed by atoms with Crippen LogP contribution in [0, 0.1) is 11.8 Å². The van der Waals surface area contributed by atoms with E-state index in [4.69, 9.17) is 10.2 Å². The van der Waals surface area contributed by atoms with Crippen molar-refractivity contribution in [3.63, 3.8) is 0 Å². The number of carboxylic acids is 1. The Labute approximate surface area is 107 Å². The highest BCUT2D eigenvalue weighted by molar-refractivity contribution is 5.74. The summed E-state index contributed by atoms with van der Waals surface area (Å²) in [7, 11) is 0. The van der Waals surface area contributed by atoms with E-state index in [9.17, 15) is 9.59 Å². The number of urea groups is 1. The molecule has 6 nitrogen and oxygen atoms in total. The molecule has 2 atom stereocenters. The molecule has 0 aromatic heterocycles. The minimum absolute atomic E-state index is 0.117. The summed E-state index contributed by atoms with van der Waals surface area (Å²) in [6, 6.07) is -0.117. The SMILES string of the molecule is CC(CCCNC(=O)N1CCC(CO)C1)C(=O)O. The van der Waals surface area contributed by atoms with Crippen molar-refractivity contribution in [1.29, 1.82) is 0 Å². The van der Waals surface area contributed by atoms with Crippen LogP contribution in [0.1, 0.15) is 26.2 Å². The highest BCUT2D eigenvalue weighted by atomic mass is 16.4. The number of carbonyl (C=O) groups is 2. The van der Waals surface area contributed by atoms with Crippen LogP contribution in [-0.4, -0.2) is 53.4 Å². The van der Waals surface area contributed by atoms with Crippen LogP contribution in [0.15, 0.2) is 0 Å². The van der Waals surface area contributed by atoms with Gasteiger partial charge in [0.2, 0.25) is 0 Å². The van der Waals surface area contributed by atoms with Crippen LogP contribution in [0.2, 0.25) is 0 Å². The zero-order valence-corrected chi connectivity index (χ0v) is 10.8. The number of likely N-dealkylation sites (tertiary alicyclic amines) is 1. The van der Waals surface area contributed by atoms with Gasteiger partial charge in [-0.2, -0.15) is 0 Å². The quantitative estimate of drug-likeness (QED) is 0.606. The third-order valence-corrected chi connectivity index (χ3v) is 3.34. The van der Waals surface area contributed by atoms with E-state index in [-0.39, 0.29) is 24.5 Å². The first-order valence-corrected chi connectivity index (χ1v) is 6.41. The van der Waals surface area contributed by atoms with Gasteiger partial charge in [0, 0.05) is 32.2 Å². The molecule has 6 heteroatoms. The van der Waals surface area contributed by atoms with Crippen LogP contribution in [0.25, 0.3) is 0 Å².